The zero-order chi connectivity index (χ0) is 32.4. The summed E-state index contributed by atoms with van der Waals surface area (Å²) in [6.07, 6.45) is -3.98. The van der Waals surface area contributed by atoms with Crippen LogP contribution in [0.2, 0.25) is 0 Å². The highest BCUT2D eigenvalue weighted by Crippen LogP contribution is 2.43. The largest absolute Gasteiger partial charge is 0.462 e. The first kappa shape index (κ1) is 33.5. The number of hydrogen-bond acceptors (Lipinski definition) is 12. The van der Waals surface area contributed by atoms with E-state index < -0.39 is 77.6 Å². The predicted molar refractivity (Wildman–Crippen MR) is 148 cm³/mol. The molecule has 236 valence electrons. The second-order valence-electron chi connectivity index (χ2n) is 11.6. The number of cyclic esters (lactones) is 1. The third kappa shape index (κ3) is 7.70. The van der Waals surface area contributed by atoms with E-state index in [-0.39, 0.29) is 36.3 Å². The molecule has 0 spiro atoms. The number of rotatable bonds is 9. The fraction of sp³-hybridized carbons (Fsp3) is 0.600. The maximum absolute atomic E-state index is 13.3. The maximum atomic E-state index is 13.3. The van der Waals surface area contributed by atoms with E-state index in [0.717, 1.165) is 0 Å². The number of esters is 5. The number of hydrogen-bond donors (Lipinski definition) is 1. The van der Waals surface area contributed by atoms with Crippen LogP contribution in [0.1, 0.15) is 82.8 Å². The van der Waals surface area contributed by atoms with Crippen LogP contribution >= 0.6 is 0 Å². The van der Waals surface area contributed by atoms with Crippen LogP contribution < -0.4 is 15.2 Å². The summed E-state index contributed by atoms with van der Waals surface area (Å²) in [5.41, 5.74) is 5.68. The van der Waals surface area contributed by atoms with Gasteiger partial charge in [-0.05, 0) is 18.1 Å². The second-order valence-corrected chi connectivity index (χ2v) is 11.6. The maximum Gasteiger partial charge on any atom is 0.342 e. The molecule has 1 amide bonds. The molecule has 1 unspecified atom stereocenters. The Morgan fingerprint density at radius 3 is 2.14 bits per heavy atom. The smallest absolute Gasteiger partial charge is 0.342 e. The molecule has 0 aromatic heterocycles. The van der Waals surface area contributed by atoms with Gasteiger partial charge in [-0.15, -0.1) is 0 Å². The van der Waals surface area contributed by atoms with Crippen LogP contribution in [-0.4, -0.2) is 66.3 Å². The first-order valence-corrected chi connectivity index (χ1v) is 14.0. The van der Waals surface area contributed by atoms with Gasteiger partial charge in [-0.25, -0.2) is 4.79 Å². The number of benzene rings is 1. The summed E-state index contributed by atoms with van der Waals surface area (Å²) in [4.78, 5) is 73.0. The number of carbonyl (C=O) groups excluding carboxylic acids is 6. The molecule has 2 aliphatic rings. The standard InChI is InChI=1S/C30H39NO12/c1-13-19-9-20(43-29(37)27(19)23(40-17(5)34)10-21(13)38-15(3)32)14(2)22(39-16(4)33)11-26-30(7,8)25(41-18(6)35)12-24(42-26)28(31)36/h10,14,20,22,24-26H,9,11-12H2,1-8H3,(H2,31,36)/t14-,20?,22-,24-,25-,26+/m0/s1. The van der Waals surface area contributed by atoms with Gasteiger partial charge in [-0.1, -0.05) is 20.8 Å². The van der Waals surface area contributed by atoms with Gasteiger partial charge in [0.1, 0.15) is 41.5 Å². The zero-order valence-corrected chi connectivity index (χ0v) is 25.6. The Balaban J connectivity index is 1.99. The molecule has 13 heteroatoms. The van der Waals surface area contributed by atoms with Crippen LogP contribution in [0.3, 0.4) is 0 Å². The highest BCUT2D eigenvalue weighted by atomic mass is 16.6. The molecule has 2 N–H and O–H groups in total. The van der Waals surface area contributed by atoms with Crippen LogP contribution in [0.15, 0.2) is 6.07 Å². The summed E-state index contributed by atoms with van der Waals surface area (Å²) in [5.74, 6) is -4.52. The van der Waals surface area contributed by atoms with Crippen molar-refractivity contribution in [3.8, 4) is 11.5 Å². The Morgan fingerprint density at radius 2 is 1.60 bits per heavy atom. The molecular weight excluding hydrogens is 566 g/mol. The number of ether oxygens (including phenoxy) is 6. The molecule has 2 heterocycles. The molecule has 1 saturated heterocycles. The lowest BCUT2D eigenvalue weighted by Gasteiger charge is -2.47. The average Bonchev–Trinajstić information content (AvgIpc) is 2.86. The quantitative estimate of drug-likeness (QED) is 0.247. The fourth-order valence-electron chi connectivity index (χ4n) is 5.60. The van der Waals surface area contributed by atoms with Crippen molar-refractivity contribution >= 4 is 35.8 Å². The van der Waals surface area contributed by atoms with Crippen LogP contribution in [0.25, 0.3) is 0 Å². The molecule has 0 saturated carbocycles. The van der Waals surface area contributed by atoms with Gasteiger partial charge in [0.25, 0.3) is 0 Å². The lowest BCUT2D eigenvalue weighted by atomic mass is 9.72. The molecule has 1 aromatic carbocycles. The van der Waals surface area contributed by atoms with E-state index in [1.165, 1.54) is 33.8 Å². The SMILES string of the molecule is CC(=O)Oc1cc(OC(C)=O)c2c(c1C)CC([C@H](C)[C@H](C[C@H]1O[C@H](C(N)=O)C[C@H](OC(C)=O)C1(C)C)OC(C)=O)OC2=O. The fourth-order valence-corrected chi connectivity index (χ4v) is 5.60. The van der Waals surface area contributed by atoms with Crippen molar-refractivity contribution in [2.75, 3.05) is 0 Å². The Hall–Kier alpha value is -4.00. The van der Waals surface area contributed by atoms with Crippen molar-refractivity contribution in [2.24, 2.45) is 17.1 Å². The summed E-state index contributed by atoms with van der Waals surface area (Å²) in [6, 6.07) is 1.29. The van der Waals surface area contributed by atoms with Gasteiger partial charge in [-0.2, -0.15) is 0 Å². The molecule has 3 rings (SSSR count). The van der Waals surface area contributed by atoms with Gasteiger partial charge < -0.3 is 34.2 Å². The van der Waals surface area contributed by atoms with Gasteiger partial charge in [0, 0.05) is 64.4 Å². The topological polar surface area (TPSA) is 184 Å². The first-order chi connectivity index (χ1) is 19.9. The normalized spacial score (nSPS) is 24.0. The summed E-state index contributed by atoms with van der Waals surface area (Å²) >= 11 is 0. The van der Waals surface area contributed by atoms with Crippen molar-refractivity contribution in [1.82, 2.24) is 0 Å². The molecule has 1 fully saturated rings. The Morgan fingerprint density at radius 1 is 1.00 bits per heavy atom. The van der Waals surface area contributed by atoms with E-state index in [1.54, 1.807) is 13.8 Å². The van der Waals surface area contributed by atoms with Crippen molar-refractivity contribution in [2.45, 2.75) is 105 Å². The third-order valence-electron chi connectivity index (χ3n) is 7.99. The zero-order valence-electron chi connectivity index (χ0n) is 25.6. The monoisotopic (exact) mass is 605 g/mol. The van der Waals surface area contributed by atoms with Gasteiger partial charge in [0.2, 0.25) is 5.91 Å². The molecule has 13 nitrogen and oxygen atoms in total. The minimum Gasteiger partial charge on any atom is -0.462 e. The van der Waals surface area contributed by atoms with Crippen LogP contribution in [-0.2, 0) is 49.3 Å². The number of primary amides is 1. The number of amides is 1. The van der Waals surface area contributed by atoms with Crippen molar-refractivity contribution in [3.05, 3.63) is 22.8 Å². The summed E-state index contributed by atoms with van der Waals surface area (Å²) in [7, 11) is 0. The lowest BCUT2D eigenvalue weighted by molar-refractivity contribution is -0.206. The number of nitrogens with two attached hydrogens (primary N) is 1. The van der Waals surface area contributed by atoms with Crippen molar-refractivity contribution in [3.63, 3.8) is 0 Å². The molecule has 43 heavy (non-hydrogen) atoms. The molecule has 6 atom stereocenters. The number of fused-ring (bicyclic) bond motifs is 1. The lowest BCUT2D eigenvalue weighted by Crippen LogP contribution is -2.56. The van der Waals surface area contributed by atoms with Gasteiger partial charge in [-0.3, -0.25) is 24.0 Å². The summed E-state index contributed by atoms with van der Waals surface area (Å²) < 4.78 is 33.7. The third-order valence-corrected chi connectivity index (χ3v) is 7.99. The first-order valence-electron chi connectivity index (χ1n) is 14.0. The highest BCUT2D eigenvalue weighted by molar-refractivity contribution is 5.97. The highest BCUT2D eigenvalue weighted by Gasteiger charge is 2.50. The Kier molecular flexibility index (Phi) is 10.2. The summed E-state index contributed by atoms with van der Waals surface area (Å²) in [6.45, 7) is 11.9. The summed E-state index contributed by atoms with van der Waals surface area (Å²) in [5, 5.41) is 0. The Labute approximate surface area is 249 Å². The van der Waals surface area contributed by atoms with Crippen LogP contribution in [0.4, 0.5) is 0 Å². The minimum atomic E-state index is -1.04. The van der Waals surface area contributed by atoms with Gasteiger partial charge >= 0.3 is 29.8 Å². The van der Waals surface area contributed by atoms with Crippen LogP contribution in [0, 0.1) is 18.3 Å². The van der Waals surface area contributed by atoms with E-state index in [1.807, 2.05) is 13.8 Å². The van der Waals surface area contributed by atoms with Crippen LogP contribution in [0.5, 0.6) is 11.5 Å². The van der Waals surface area contributed by atoms with E-state index in [2.05, 4.69) is 0 Å². The second kappa shape index (κ2) is 13.1. The molecule has 0 bridgehead atoms. The van der Waals surface area contributed by atoms with E-state index in [0.29, 0.717) is 11.1 Å². The van der Waals surface area contributed by atoms with E-state index in [4.69, 9.17) is 34.2 Å². The average molecular weight is 606 g/mol. The van der Waals surface area contributed by atoms with Gasteiger partial charge in [0.05, 0.1) is 6.10 Å². The predicted octanol–water partition coefficient (Wildman–Crippen LogP) is 2.49. The molecule has 0 aliphatic carbocycles. The molecule has 0 radical (unpaired) electrons. The van der Waals surface area contributed by atoms with E-state index in [9.17, 15) is 28.8 Å². The van der Waals surface area contributed by atoms with Crippen molar-refractivity contribution < 1.29 is 57.2 Å². The van der Waals surface area contributed by atoms with Gasteiger partial charge in [0.15, 0.2) is 0 Å². The minimum absolute atomic E-state index is 0.0290. The Bertz CT molecular complexity index is 1320. The molecule has 1 aromatic rings. The number of carbonyl (C=O) groups is 6. The molecular formula is C30H39NO12. The van der Waals surface area contributed by atoms with Crippen molar-refractivity contribution in [1.29, 1.82) is 0 Å². The molecule has 2 aliphatic heterocycles. The van der Waals surface area contributed by atoms with E-state index >= 15 is 0 Å².